The van der Waals surface area contributed by atoms with E-state index in [-0.39, 0.29) is 0 Å². The fourth-order valence-electron chi connectivity index (χ4n) is 0.785. The van der Waals surface area contributed by atoms with E-state index in [4.69, 9.17) is 4.55 Å². The second kappa shape index (κ2) is 6.06. The molecule has 1 N–H and O–H groups in total. The molecule has 0 saturated carbocycles. The summed E-state index contributed by atoms with van der Waals surface area (Å²) in [6.45, 7) is 2.13. The van der Waals surface area contributed by atoms with Gasteiger partial charge in [0, 0.05) is 4.90 Å². The molecule has 0 amide bonds. The standard InChI is InChI=1S/C8H10S.CH4O3S/c1-7-5-3-4-6-8(7)9-2;1-5(2,3)4/h3-6H,1-2H3;1H3,(H,2,3,4). The first kappa shape index (κ1) is 13.5. The van der Waals surface area contributed by atoms with Gasteiger partial charge in [0.25, 0.3) is 10.1 Å². The Morgan fingerprint density at radius 1 is 1.29 bits per heavy atom. The van der Waals surface area contributed by atoms with Crippen molar-refractivity contribution in [3.63, 3.8) is 0 Å². The van der Waals surface area contributed by atoms with Crippen LogP contribution in [0.25, 0.3) is 0 Å². The molecule has 0 aliphatic carbocycles. The minimum Gasteiger partial charge on any atom is -0.286 e. The Kier molecular flexibility index (Phi) is 5.83. The second-order valence-corrected chi connectivity index (χ2v) is 5.02. The molecule has 0 unspecified atom stereocenters. The van der Waals surface area contributed by atoms with Gasteiger partial charge in [-0.2, -0.15) is 8.42 Å². The van der Waals surface area contributed by atoms with Crippen LogP contribution in [-0.4, -0.2) is 25.5 Å². The van der Waals surface area contributed by atoms with Crippen molar-refractivity contribution in [3.05, 3.63) is 29.8 Å². The summed E-state index contributed by atoms with van der Waals surface area (Å²) in [6.07, 6.45) is 2.81. The van der Waals surface area contributed by atoms with Gasteiger partial charge >= 0.3 is 0 Å². The first-order valence-corrected chi connectivity index (χ1v) is 6.94. The maximum atomic E-state index is 9.19. The van der Waals surface area contributed by atoms with E-state index in [9.17, 15) is 8.42 Å². The third-order valence-corrected chi connectivity index (χ3v) is 2.21. The highest BCUT2D eigenvalue weighted by molar-refractivity contribution is 7.98. The molecule has 14 heavy (non-hydrogen) atoms. The lowest BCUT2D eigenvalue weighted by molar-refractivity contribution is 0.490. The molecule has 80 valence electrons. The van der Waals surface area contributed by atoms with E-state index in [0.29, 0.717) is 6.26 Å². The highest BCUT2D eigenvalue weighted by Gasteiger charge is 1.90. The molecule has 0 aliphatic heterocycles. The largest absolute Gasteiger partial charge is 0.286 e. The van der Waals surface area contributed by atoms with Crippen molar-refractivity contribution < 1.29 is 13.0 Å². The van der Waals surface area contributed by atoms with Gasteiger partial charge in [-0.05, 0) is 24.8 Å². The summed E-state index contributed by atoms with van der Waals surface area (Å²) in [6, 6.07) is 8.40. The molecular weight excluding hydrogens is 220 g/mol. The summed E-state index contributed by atoms with van der Waals surface area (Å²) < 4.78 is 25.9. The highest BCUT2D eigenvalue weighted by atomic mass is 32.2. The van der Waals surface area contributed by atoms with Crippen LogP contribution in [0.2, 0.25) is 0 Å². The molecule has 0 atom stereocenters. The Morgan fingerprint density at radius 3 is 2.00 bits per heavy atom. The van der Waals surface area contributed by atoms with Crippen LogP contribution in [0.4, 0.5) is 0 Å². The van der Waals surface area contributed by atoms with Crippen LogP contribution in [0, 0.1) is 6.92 Å². The number of aryl methyl sites for hydroxylation is 1. The molecule has 0 aliphatic rings. The van der Waals surface area contributed by atoms with Crippen molar-refractivity contribution in [1.29, 1.82) is 0 Å². The average molecular weight is 234 g/mol. The van der Waals surface area contributed by atoms with Crippen LogP contribution in [0.15, 0.2) is 29.2 Å². The minimum absolute atomic E-state index is 0.715. The predicted molar refractivity (Wildman–Crippen MR) is 60.4 cm³/mol. The molecule has 5 heteroatoms. The van der Waals surface area contributed by atoms with Crippen molar-refractivity contribution in [2.45, 2.75) is 11.8 Å². The Labute approximate surface area is 89.3 Å². The van der Waals surface area contributed by atoms with E-state index < -0.39 is 10.1 Å². The zero-order valence-electron chi connectivity index (χ0n) is 8.39. The van der Waals surface area contributed by atoms with Gasteiger partial charge in [0.1, 0.15) is 0 Å². The lowest BCUT2D eigenvalue weighted by atomic mass is 10.2. The Bertz CT molecular complexity index is 363. The summed E-state index contributed by atoms with van der Waals surface area (Å²) in [7, 11) is -3.67. The van der Waals surface area contributed by atoms with E-state index in [1.807, 2.05) is 0 Å². The summed E-state index contributed by atoms with van der Waals surface area (Å²) >= 11 is 1.80. The molecule has 3 nitrogen and oxygen atoms in total. The van der Waals surface area contributed by atoms with E-state index >= 15 is 0 Å². The molecule has 0 bridgehead atoms. The minimum atomic E-state index is -3.67. The van der Waals surface area contributed by atoms with Gasteiger partial charge in [-0.3, -0.25) is 4.55 Å². The van der Waals surface area contributed by atoms with E-state index in [1.54, 1.807) is 11.8 Å². The van der Waals surface area contributed by atoms with Crippen molar-refractivity contribution in [1.82, 2.24) is 0 Å². The van der Waals surface area contributed by atoms with E-state index in [0.717, 1.165) is 0 Å². The molecule has 1 aromatic rings. The van der Waals surface area contributed by atoms with Crippen LogP contribution < -0.4 is 0 Å². The smallest absolute Gasteiger partial charge is 0.261 e. The SMILES string of the molecule is CS(=O)(=O)O.CSc1ccccc1C. The maximum Gasteiger partial charge on any atom is 0.261 e. The molecule has 0 saturated heterocycles. The molecule has 0 fully saturated rings. The van der Waals surface area contributed by atoms with Crippen LogP contribution in [-0.2, 0) is 10.1 Å². The van der Waals surface area contributed by atoms with Crippen molar-refractivity contribution >= 4 is 21.9 Å². The van der Waals surface area contributed by atoms with Crippen LogP contribution in [0.5, 0.6) is 0 Å². The number of hydrogen-bond donors (Lipinski definition) is 1. The number of thioether (sulfide) groups is 1. The van der Waals surface area contributed by atoms with Gasteiger partial charge < -0.3 is 0 Å². The quantitative estimate of drug-likeness (QED) is 0.598. The van der Waals surface area contributed by atoms with Crippen LogP contribution in [0.3, 0.4) is 0 Å². The predicted octanol–water partition coefficient (Wildman–Crippen LogP) is 2.22. The third kappa shape index (κ3) is 8.10. The molecule has 0 heterocycles. The molecular formula is C9H14O3S2. The molecule has 0 spiro atoms. The van der Waals surface area contributed by atoms with Gasteiger partial charge in [0.15, 0.2) is 0 Å². The fraction of sp³-hybridized carbons (Fsp3) is 0.333. The number of benzene rings is 1. The molecule has 1 rings (SSSR count). The number of rotatable bonds is 1. The van der Waals surface area contributed by atoms with E-state index in [2.05, 4.69) is 37.4 Å². The third-order valence-electron chi connectivity index (χ3n) is 1.31. The summed E-state index contributed by atoms with van der Waals surface area (Å²) in [4.78, 5) is 1.37. The van der Waals surface area contributed by atoms with Crippen LogP contribution >= 0.6 is 11.8 Å². The monoisotopic (exact) mass is 234 g/mol. The van der Waals surface area contributed by atoms with Gasteiger partial charge in [-0.15, -0.1) is 11.8 Å². The molecule has 0 radical (unpaired) electrons. The Morgan fingerprint density at radius 2 is 1.71 bits per heavy atom. The number of hydrogen-bond acceptors (Lipinski definition) is 3. The second-order valence-electron chi connectivity index (χ2n) is 2.70. The van der Waals surface area contributed by atoms with Gasteiger partial charge in [0.2, 0.25) is 0 Å². The van der Waals surface area contributed by atoms with Crippen molar-refractivity contribution in [3.8, 4) is 0 Å². The first-order chi connectivity index (χ1) is 6.34. The zero-order chi connectivity index (χ0) is 11.2. The zero-order valence-corrected chi connectivity index (χ0v) is 10.0. The Balaban J connectivity index is 0.000000292. The maximum absolute atomic E-state index is 9.19. The summed E-state index contributed by atoms with van der Waals surface area (Å²) in [5, 5.41) is 0. The average Bonchev–Trinajstić information content (AvgIpc) is 2.02. The Hall–Kier alpha value is -0.520. The lowest BCUT2D eigenvalue weighted by Gasteiger charge is -1.97. The van der Waals surface area contributed by atoms with Crippen molar-refractivity contribution in [2.24, 2.45) is 0 Å². The highest BCUT2D eigenvalue weighted by Crippen LogP contribution is 2.17. The fourth-order valence-corrected chi connectivity index (χ4v) is 1.39. The topological polar surface area (TPSA) is 54.4 Å². The van der Waals surface area contributed by atoms with E-state index in [1.165, 1.54) is 10.5 Å². The summed E-state index contributed by atoms with van der Waals surface area (Å²) in [5.41, 5.74) is 1.37. The van der Waals surface area contributed by atoms with Gasteiger partial charge in [0.05, 0.1) is 6.26 Å². The van der Waals surface area contributed by atoms with Crippen molar-refractivity contribution in [2.75, 3.05) is 12.5 Å². The lowest BCUT2D eigenvalue weighted by Crippen LogP contribution is -1.88. The van der Waals surface area contributed by atoms with Crippen LogP contribution in [0.1, 0.15) is 5.56 Å². The normalized spacial score (nSPS) is 10.3. The molecule has 1 aromatic carbocycles. The van der Waals surface area contributed by atoms with Gasteiger partial charge in [-0.25, -0.2) is 0 Å². The summed E-state index contributed by atoms with van der Waals surface area (Å²) in [5.74, 6) is 0. The molecule has 0 aromatic heterocycles. The first-order valence-electron chi connectivity index (χ1n) is 3.86. The van der Waals surface area contributed by atoms with Gasteiger partial charge in [-0.1, -0.05) is 18.2 Å².